The minimum atomic E-state index is 0.899. The Morgan fingerprint density at radius 3 is 2.53 bits per heavy atom. The van der Waals surface area contributed by atoms with Crippen LogP contribution in [0.25, 0.3) is 0 Å². The van der Waals surface area contributed by atoms with E-state index in [4.69, 9.17) is 0 Å². The second kappa shape index (κ2) is 6.42. The van der Waals surface area contributed by atoms with Gasteiger partial charge in [0.1, 0.15) is 18.0 Å². The maximum absolute atomic E-state index is 4.39. The fourth-order valence-corrected chi connectivity index (χ4v) is 2.27. The average Bonchev–Trinajstić information content (AvgIpc) is 2.29. The van der Waals surface area contributed by atoms with E-state index in [9.17, 15) is 0 Å². The van der Waals surface area contributed by atoms with Crippen LogP contribution in [0.15, 0.2) is 12.4 Å². The fraction of sp³-hybridized carbons (Fsp3) is 0.692. The zero-order chi connectivity index (χ0) is 11.9. The Labute approximate surface area is 103 Å². The van der Waals surface area contributed by atoms with Crippen LogP contribution in [0.4, 0.5) is 11.6 Å². The van der Waals surface area contributed by atoms with Crippen LogP contribution >= 0.6 is 0 Å². The molecule has 1 aromatic heterocycles. The van der Waals surface area contributed by atoms with E-state index in [1.807, 2.05) is 0 Å². The summed E-state index contributed by atoms with van der Waals surface area (Å²) in [6, 6.07) is 2.06. The Morgan fingerprint density at radius 2 is 1.82 bits per heavy atom. The van der Waals surface area contributed by atoms with Crippen LogP contribution in [-0.4, -0.2) is 29.6 Å². The molecule has 0 saturated carbocycles. The molecule has 1 fully saturated rings. The first kappa shape index (κ1) is 12.1. The largest absolute Gasteiger partial charge is 0.370 e. The fourth-order valence-electron chi connectivity index (χ4n) is 2.27. The van der Waals surface area contributed by atoms with Gasteiger partial charge in [-0.05, 0) is 19.8 Å². The van der Waals surface area contributed by atoms with Crippen molar-refractivity contribution in [3.05, 3.63) is 12.4 Å². The Hall–Kier alpha value is -1.32. The molecule has 4 nitrogen and oxygen atoms in total. The molecule has 2 rings (SSSR count). The Bertz CT molecular complexity index is 332. The molecule has 1 N–H and O–H groups in total. The first-order valence-electron chi connectivity index (χ1n) is 6.71. The Kier molecular flexibility index (Phi) is 4.59. The topological polar surface area (TPSA) is 41.0 Å². The summed E-state index contributed by atoms with van der Waals surface area (Å²) in [5.41, 5.74) is 0. The van der Waals surface area contributed by atoms with Crippen LogP contribution < -0.4 is 10.2 Å². The number of rotatable bonds is 3. The van der Waals surface area contributed by atoms with Gasteiger partial charge >= 0.3 is 0 Å². The van der Waals surface area contributed by atoms with Gasteiger partial charge in [0.25, 0.3) is 0 Å². The molecule has 1 aliphatic rings. The van der Waals surface area contributed by atoms with E-state index in [-0.39, 0.29) is 0 Å². The van der Waals surface area contributed by atoms with Gasteiger partial charge < -0.3 is 10.2 Å². The summed E-state index contributed by atoms with van der Waals surface area (Å²) in [4.78, 5) is 11.0. The molecule has 1 aliphatic heterocycles. The van der Waals surface area contributed by atoms with Crippen LogP contribution in [0.1, 0.15) is 39.0 Å². The van der Waals surface area contributed by atoms with Crippen LogP contribution in [0, 0.1) is 0 Å². The number of hydrogen-bond acceptors (Lipinski definition) is 4. The summed E-state index contributed by atoms with van der Waals surface area (Å²) in [6.45, 7) is 5.24. The van der Waals surface area contributed by atoms with E-state index in [1.165, 1.54) is 32.1 Å². The standard InChI is InChI=1S/C13H22N4/c1-2-14-12-10-13(16-11-15-12)17-8-6-4-3-5-7-9-17/h10-11H,2-9H2,1H3,(H,14,15,16). The first-order valence-corrected chi connectivity index (χ1v) is 6.71. The van der Waals surface area contributed by atoms with Crippen molar-refractivity contribution in [1.29, 1.82) is 0 Å². The number of hydrogen-bond donors (Lipinski definition) is 1. The third kappa shape index (κ3) is 3.58. The molecule has 4 heteroatoms. The molecule has 1 saturated heterocycles. The highest BCUT2D eigenvalue weighted by atomic mass is 15.2. The van der Waals surface area contributed by atoms with Crippen molar-refractivity contribution >= 4 is 11.6 Å². The summed E-state index contributed by atoms with van der Waals surface area (Å²) >= 11 is 0. The predicted octanol–water partition coefficient (Wildman–Crippen LogP) is 2.68. The molecule has 0 spiro atoms. The molecule has 0 atom stereocenters. The third-order valence-corrected chi connectivity index (χ3v) is 3.19. The molecule has 0 unspecified atom stereocenters. The molecule has 0 aliphatic carbocycles. The average molecular weight is 234 g/mol. The lowest BCUT2D eigenvalue weighted by Gasteiger charge is -2.25. The van der Waals surface area contributed by atoms with Crippen LogP contribution in [0.2, 0.25) is 0 Å². The van der Waals surface area contributed by atoms with Crippen molar-refractivity contribution in [3.8, 4) is 0 Å². The van der Waals surface area contributed by atoms with Crippen LogP contribution in [0.3, 0.4) is 0 Å². The van der Waals surface area contributed by atoms with Crippen molar-refractivity contribution in [1.82, 2.24) is 9.97 Å². The minimum Gasteiger partial charge on any atom is -0.370 e. The predicted molar refractivity (Wildman–Crippen MR) is 71.5 cm³/mol. The number of anilines is 2. The summed E-state index contributed by atoms with van der Waals surface area (Å²) < 4.78 is 0. The van der Waals surface area contributed by atoms with Gasteiger partial charge in [-0.2, -0.15) is 0 Å². The number of aromatic nitrogens is 2. The summed E-state index contributed by atoms with van der Waals surface area (Å²) in [6.07, 6.45) is 8.30. The van der Waals surface area contributed by atoms with Gasteiger partial charge in [-0.25, -0.2) is 9.97 Å². The van der Waals surface area contributed by atoms with Crippen molar-refractivity contribution in [2.75, 3.05) is 29.9 Å². The van der Waals surface area contributed by atoms with Crippen LogP contribution in [0.5, 0.6) is 0 Å². The molecule has 2 heterocycles. The maximum Gasteiger partial charge on any atom is 0.134 e. The highest BCUT2D eigenvalue weighted by molar-refractivity contribution is 5.48. The number of nitrogens with one attached hydrogen (secondary N) is 1. The number of nitrogens with zero attached hydrogens (tertiary/aromatic N) is 3. The summed E-state index contributed by atoms with van der Waals surface area (Å²) in [5, 5.41) is 3.24. The second-order valence-corrected chi connectivity index (χ2v) is 4.55. The lowest BCUT2D eigenvalue weighted by molar-refractivity contribution is 0.553. The molecule has 0 aromatic carbocycles. The van der Waals surface area contributed by atoms with Crippen LogP contribution in [-0.2, 0) is 0 Å². The highest BCUT2D eigenvalue weighted by Crippen LogP contribution is 2.18. The van der Waals surface area contributed by atoms with Gasteiger partial charge in [0.2, 0.25) is 0 Å². The maximum atomic E-state index is 4.39. The monoisotopic (exact) mass is 234 g/mol. The zero-order valence-corrected chi connectivity index (χ0v) is 10.7. The van der Waals surface area contributed by atoms with Crippen molar-refractivity contribution in [2.45, 2.75) is 39.0 Å². The lowest BCUT2D eigenvalue weighted by atomic mass is 10.1. The zero-order valence-electron chi connectivity index (χ0n) is 10.7. The van der Waals surface area contributed by atoms with Gasteiger partial charge in [0, 0.05) is 25.7 Å². The minimum absolute atomic E-state index is 0.899. The SMILES string of the molecule is CCNc1cc(N2CCCCCCC2)ncn1. The second-order valence-electron chi connectivity index (χ2n) is 4.55. The van der Waals surface area contributed by atoms with Gasteiger partial charge in [-0.15, -0.1) is 0 Å². The van der Waals surface area contributed by atoms with Gasteiger partial charge in [0.15, 0.2) is 0 Å². The smallest absolute Gasteiger partial charge is 0.134 e. The molecule has 94 valence electrons. The quantitative estimate of drug-likeness (QED) is 0.873. The van der Waals surface area contributed by atoms with Crippen molar-refractivity contribution in [3.63, 3.8) is 0 Å². The first-order chi connectivity index (χ1) is 8.40. The molecule has 0 amide bonds. The van der Waals surface area contributed by atoms with Crippen molar-refractivity contribution < 1.29 is 0 Å². The molecule has 1 aromatic rings. The van der Waals surface area contributed by atoms with Crippen molar-refractivity contribution in [2.24, 2.45) is 0 Å². The normalized spacial score (nSPS) is 17.4. The van der Waals surface area contributed by atoms with Gasteiger partial charge in [0.05, 0.1) is 0 Å². The van der Waals surface area contributed by atoms with E-state index < -0.39 is 0 Å². The third-order valence-electron chi connectivity index (χ3n) is 3.19. The molecule has 0 radical (unpaired) electrons. The van der Waals surface area contributed by atoms with E-state index in [2.05, 4.69) is 33.2 Å². The van der Waals surface area contributed by atoms with E-state index in [0.717, 1.165) is 31.3 Å². The van der Waals surface area contributed by atoms with Gasteiger partial charge in [-0.3, -0.25) is 0 Å². The van der Waals surface area contributed by atoms with Gasteiger partial charge in [-0.1, -0.05) is 19.3 Å². The van der Waals surface area contributed by atoms with E-state index in [0.29, 0.717) is 0 Å². The summed E-state index contributed by atoms with van der Waals surface area (Å²) in [7, 11) is 0. The van der Waals surface area contributed by atoms with E-state index >= 15 is 0 Å². The highest BCUT2D eigenvalue weighted by Gasteiger charge is 2.10. The lowest BCUT2D eigenvalue weighted by Crippen LogP contribution is -2.28. The molecular weight excluding hydrogens is 212 g/mol. The molecule has 17 heavy (non-hydrogen) atoms. The molecule has 0 bridgehead atoms. The summed E-state index contributed by atoms with van der Waals surface area (Å²) in [5.74, 6) is 2.00. The Morgan fingerprint density at radius 1 is 1.12 bits per heavy atom. The van der Waals surface area contributed by atoms with E-state index in [1.54, 1.807) is 6.33 Å². The molecular formula is C13H22N4. The Balaban J connectivity index is 2.05.